The fourth-order valence-electron chi connectivity index (χ4n) is 4.25. The van der Waals surface area contributed by atoms with Crippen LogP contribution in [0.25, 0.3) is 22.0 Å². The van der Waals surface area contributed by atoms with Crippen LogP contribution in [0.2, 0.25) is 0 Å². The predicted molar refractivity (Wildman–Crippen MR) is 127 cm³/mol. The number of carbonyl (C=O) groups excluding carboxylic acids is 2. The number of fused-ring (bicyclic) bond motifs is 1. The number of aromatic amines is 1. The number of carbonyl (C=O) groups is 2. The zero-order valence-corrected chi connectivity index (χ0v) is 19.3. The summed E-state index contributed by atoms with van der Waals surface area (Å²) < 4.78 is 45.4. The van der Waals surface area contributed by atoms with Gasteiger partial charge in [0.25, 0.3) is 5.56 Å². The number of halogens is 3. The zero-order valence-electron chi connectivity index (χ0n) is 19.3. The van der Waals surface area contributed by atoms with E-state index in [9.17, 15) is 32.7 Å². The number of amides is 2. The molecule has 196 valence electrons. The molecule has 1 aromatic heterocycles. The molecule has 5 N–H and O–H groups in total. The second-order valence-electron chi connectivity index (χ2n) is 8.71. The van der Waals surface area contributed by atoms with Crippen LogP contribution in [0.3, 0.4) is 0 Å². The van der Waals surface area contributed by atoms with Crippen molar-refractivity contribution in [1.82, 2.24) is 15.6 Å². The Hall–Kier alpha value is -3.90. The molecule has 9 nitrogen and oxygen atoms in total. The van der Waals surface area contributed by atoms with Gasteiger partial charge in [-0.05, 0) is 35.6 Å². The highest BCUT2D eigenvalue weighted by Crippen LogP contribution is 2.37. The minimum atomic E-state index is -4.59. The Bertz CT molecular complexity index is 1370. The molecule has 2 heterocycles. The van der Waals surface area contributed by atoms with Crippen LogP contribution in [0, 0.1) is 0 Å². The van der Waals surface area contributed by atoms with Gasteiger partial charge in [0.2, 0.25) is 5.91 Å². The summed E-state index contributed by atoms with van der Waals surface area (Å²) in [7, 11) is 0. The highest BCUT2D eigenvalue weighted by molar-refractivity contribution is 5.90. The summed E-state index contributed by atoms with van der Waals surface area (Å²) in [6, 6.07) is 10.7. The molecule has 2 aromatic carbocycles. The minimum Gasteiger partial charge on any atom is -0.447 e. The van der Waals surface area contributed by atoms with E-state index in [0.717, 1.165) is 6.07 Å². The number of alkyl halides is 3. The lowest BCUT2D eigenvalue weighted by Gasteiger charge is -2.14. The molecule has 0 saturated carbocycles. The first-order valence-corrected chi connectivity index (χ1v) is 11.4. The molecule has 3 atom stereocenters. The number of H-pyrrole nitrogens is 1. The van der Waals surface area contributed by atoms with Crippen LogP contribution in [-0.4, -0.2) is 59.1 Å². The van der Waals surface area contributed by atoms with Crippen LogP contribution in [0.4, 0.5) is 18.0 Å². The van der Waals surface area contributed by atoms with Gasteiger partial charge in [-0.2, -0.15) is 13.2 Å². The number of aliphatic hydroxyl groups is 2. The molecule has 37 heavy (non-hydrogen) atoms. The maximum atomic E-state index is 13.4. The largest absolute Gasteiger partial charge is 0.447 e. The molecule has 1 aliphatic rings. The average Bonchev–Trinajstić information content (AvgIpc) is 3.25. The predicted octanol–water partition coefficient (Wildman–Crippen LogP) is 2.27. The summed E-state index contributed by atoms with van der Waals surface area (Å²) in [4.78, 5) is 39.6. The van der Waals surface area contributed by atoms with Gasteiger partial charge in [0.15, 0.2) is 0 Å². The molecule has 4 rings (SSSR count). The van der Waals surface area contributed by atoms with E-state index in [1.165, 1.54) is 30.3 Å². The monoisotopic (exact) mass is 519 g/mol. The Morgan fingerprint density at radius 1 is 1.16 bits per heavy atom. The van der Waals surface area contributed by atoms with Gasteiger partial charge in [0.1, 0.15) is 6.61 Å². The van der Waals surface area contributed by atoms with Crippen molar-refractivity contribution < 1.29 is 37.7 Å². The Kier molecular flexibility index (Phi) is 7.50. The van der Waals surface area contributed by atoms with Gasteiger partial charge in [0, 0.05) is 23.2 Å². The van der Waals surface area contributed by atoms with Crippen molar-refractivity contribution in [1.29, 1.82) is 0 Å². The Balaban J connectivity index is 1.50. The summed E-state index contributed by atoms with van der Waals surface area (Å²) in [5.41, 5.74) is -1.04. The molecule has 0 unspecified atom stereocenters. The Morgan fingerprint density at radius 3 is 2.65 bits per heavy atom. The smallest absolute Gasteiger partial charge is 0.417 e. The topological polar surface area (TPSA) is 141 Å². The van der Waals surface area contributed by atoms with E-state index >= 15 is 0 Å². The third-order valence-corrected chi connectivity index (χ3v) is 6.09. The lowest BCUT2D eigenvalue weighted by atomic mass is 9.93. The van der Waals surface area contributed by atoms with Gasteiger partial charge in [-0.1, -0.05) is 30.3 Å². The lowest BCUT2D eigenvalue weighted by Crippen LogP contribution is -2.37. The number of rotatable bonds is 7. The van der Waals surface area contributed by atoms with E-state index in [0.29, 0.717) is 10.9 Å². The number of nitrogens with one attached hydrogen (secondary N) is 3. The van der Waals surface area contributed by atoms with Gasteiger partial charge in [-0.15, -0.1) is 0 Å². The summed E-state index contributed by atoms with van der Waals surface area (Å²) in [6.45, 7) is -0.832. The fraction of sp³-hybridized carbons (Fsp3) is 0.320. The van der Waals surface area contributed by atoms with E-state index in [-0.39, 0.29) is 42.1 Å². The van der Waals surface area contributed by atoms with Crippen LogP contribution >= 0.6 is 0 Å². The van der Waals surface area contributed by atoms with Crippen molar-refractivity contribution in [2.75, 3.05) is 19.8 Å². The number of ether oxygens (including phenoxy) is 1. The highest BCUT2D eigenvalue weighted by atomic mass is 19.4. The summed E-state index contributed by atoms with van der Waals surface area (Å²) >= 11 is 0. The molecule has 3 aromatic rings. The molecule has 0 radical (unpaired) electrons. The molecule has 1 aliphatic heterocycles. The molecule has 0 aliphatic carbocycles. The number of aromatic nitrogens is 1. The van der Waals surface area contributed by atoms with Crippen LogP contribution in [-0.2, 0) is 15.7 Å². The van der Waals surface area contributed by atoms with Crippen LogP contribution in [0.1, 0.15) is 23.5 Å². The second kappa shape index (κ2) is 10.6. The molecule has 1 fully saturated rings. The number of hydrogen-bond donors (Lipinski definition) is 5. The number of alkyl carbamates (subject to hydrolysis) is 1. The quantitative estimate of drug-likeness (QED) is 0.324. The molecule has 0 bridgehead atoms. The van der Waals surface area contributed by atoms with E-state index in [4.69, 9.17) is 9.84 Å². The summed E-state index contributed by atoms with van der Waals surface area (Å²) in [6.07, 6.45) is -6.24. The molecule has 2 amide bonds. The zero-order chi connectivity index (χ0) is 26.7. The van der Waals surface area contributed by atoms with Crippen molar-refractivity contribution in [2.45, 2.75) is 30.7 Å². The van der Waals surface area contributed by atoms with E-state index < -0.39 is 48.1 Å². The standard InChI is InChI=1S/C25H24F3N3O6/c26-25(27,28)20-4-2-1-3-17(20)21-8-14-6-5-13(7-18(14)23(35)31-21)19-9-15(30-22(19)34)12-37-24(36)29-10-16(33)11-32/h1-8,15-16,19,32-33H,9-12H2,(H,29,36)(H,30,34)(H,31,35)/t15-,16-,19-/m0/s1. The minimum absolute atomic E-state index is 0.0266. The van der Waals surface area contributed by atoms with Crippen LogP contribution in [0.5, 0.6) is 0 Å². The second-order valence-corrected chi connectivity index (χ2v) is 8.71. The van der Waals surface area contributed by atoms with Gasteiger partial charge in [0.05, 0.1) is 30.2 Å². The van der Waals surface area contributed by atoms with E-state index in [1.807, 2.05) is 0 Å². The number of hydrogen-bond acceptors (Lipinski definition) is 6. The summed E-state index contributed by atoms with van der Waals surface area (Å²) in [5.74, 6) is -0.946. The number of benzene rings is 2. The van der Waals surface area contributed by atoms with Crippen molar-refractivity contribution >= 4 is 22.8 Å². The third-order valence-electron chi connectivity index (χ3n) is 6.09. The van der Waals surface area contributed by atoms with Crippen molar-refractivity contribution in [2.24, 2.45) is 0 Å². The first-order valence-electron chi connectivity index (χ1n) is 11.4. The maximum absolute atomic E-state index is 13.4. The number of pyridine rings is 1. The fourth-order valence-corrected chi connectivity index (χ4v) is 4.25. The molecular formula is C25H24F3N3O6. The normalized spacial score (nSPS) is 18.5. The molecular weight excluding hydrogens is 495 g/mol. The van der Waals surface area contributed by atoms with E-state index in [2.05, 4.69) is 15.6 Å². The van der Waals surface area contributed by atoms with Crippen molar-refractivity contribution in [3.63, 3.8) is 0 Å². The molecule has 0 spiro atoms. The Labute approximate surface area is 208 Å². The molecule has 1 saturated heterocycles. The van der Waals surface area contributed by atoms with E-state index in [1.54, 1.807) is 12.1 Å². The molecule has 12 heteroatoms. The first kappa shape index (κ1) is 26.2. The lowest BCUT2D eigenvalue weighted by molar-refractivity contribution is -0.137. The Morgan fingerprint density at radius 2 is 1.92 bits per heavy atom. The first-order chi connectivity index (χ1) is 17.6. The summed E-state index contributed by atoms with van der Waals surface area (Å²) in [5, 5.41) is 23.6. The van der Waals surface area contributed by atoms with Gasteiger partial charge in [-0.25, -0.2) is 4.79 Å². The SMILES string of the molecule is O=C(NC[C@H](O)CO)OC[C@@H]1C[C@@H](c2ccc3cc(-c4ccccc4C(F)(F)F)[nH]c(=O)c3c2)C(=O)N1. The van der Waals surface area contributed by atoms with Crippen LogP contribution < -0.4 is 16.2 Å². The van der Waals surface area contributed by atoms with Gasteiger partial charge >= 0.3 is 12.3 Å². The van der Waals surface area contributed by atoms with Crippen LogP contribution in [0.15, 0.2) is 53.3 Å². The van der Waals surface area contributed by atoms with Gasteiger partial charge < -0.3 is 30.6 Å². The third kappa shape index (κ3) is 5.92. The van der Waals surface area contributed by atoms with Gasteiger partial charge in [-0.3, -0.25) is 9.59 Å². The maximum Gasteiger partial charge on any atom is 0.417 e. The van der Waals surface area contributed by atoms with Crippen molar-refractivity contribution in [3.8, 4) is 11.3 Å². The average molecular weight is 519 g/mol. The van der Waals surface area contributed by atoms with Crippen molar-refractivity contribution in [3.05, 3.63) is 70.0 Å². The number of aliphatic hydroxyl groups excluding tert-OH is 2. The highest BCUT2D eigenvalue weighted by Gasteiger charge is 2.35.